The molecule has 0 bridgehead atoms. The zero-order chi connectivity index (χ0) is 13.1. The third kappa shape index (κ3) is 3.08. The number of halogens is 1. The average Bonchev–Trinajstić information content (AvgIpc) is 2.35. The maximum atomic E-state index is 12.0. The molecule has 2 rings (SSSR count). The molecule has 100 valence electrons. The molecule has 1 aromatic heterocycles. The Hall–Kier alpha value is -0.0800. The van der Waals surface area contributed by atoms with Crippen LogP contribution in [0, 0.1) is 3.57 Å². The van der Waals surface area contributed by atoms with Gasteiger partial charge in [-0.15, -0.1) is 0 Å². The Labute approximate surface area is 125 Å². The molecule has 1 saturated heterocycles. The van der Waals surface area contributed by atoms with Crippen molar-refractivity contribution in [3.63, 3.8) is 0 Å². The SMILES string of the molecule is CCCc1nc(C2CSCCN2C)[nH]c(=O)c1I. The van der Waals surface area contributed by atoms with E-state index in [0.717, 1.165) is 46.0 Å². The van der Waals surface area contributed by atoms with Crippen molar-refractivity contribution < 1.29 is 0 Å². The smallest absolute Gasteiger partial charge is 0.264 e. The number of nitrogens with zero attached hydrogens (tertiary/aromatic N) is 2. The molecule has 0 aliphatic carbocycles. The third-order valence-corrected chi connectivity index (χ3v) is 5.28. The maximum absolute atomic E-state index is 12.0. The summed E-state index contributed by atoms with van der Waals surface area (Å²) in [4.78, 5) is 21.9. The molecule has 1 atom stereocenters. The molecule has 1 aromatic rings. The highest BCUT2D eigenvalue weighted by Gasteiger charge is 2.24. The number of nitrogens with one attached hydrogen (secondary N) is 1. The Morgan fingerprint density at radius 2 is 2.39 bits per heavy atom. The lowest BCUT2D eigenvalue weighted by atomic mass is 10.2. The van der Waals surface area contributed by atoms with Crippen LogP contribution in [0.25, 0.3) is 0 Å². The van der Waals surface area contributed by atoms with Gasteiger partial charge in [-0.2, -0.15) is 11.8 Å². The monoisotopic (exact) mass is 379 g/mol. The van der Waals surface area contributed by atoms with Gasteiger partial charge in [-0.05, 0) is 36.1 Å². The second-order valence-corrected chi connectivity index (χ2v) is 6.76. The minimum Gasteiger partial charge on any atom is -0.308 e. The van der Waals surface area contributed by atoms with Crippen molar-refractivity contribution in [2.45, 2.75) is 25.8 Å². The van der Waals surface area contributed by atoms with Crippen LogP contribution in [0.1, 0.15) is 30.9 Å². The molecule has 1 unspecified atom stereocenters. The van der Waals surface area contributed by atoms with E-state index in [1.54, 1.807) is 0 Å². The summed E-state index contributed by atoms with van der Waals surface area (Å²) in [5.41, 5.74) is 0.953. The standard InChI is InChI=1S/C12H18IN3OS/c1-3-4-8-10(13)12(17)15-11(14-8)9-7-18-6-5-16(9)2/h9H,3-7H2,1-2H3,(H,14,15,17). The fourth-order valence-corrected chi connectivity index (χ4v) is 3.80. The zero-order valence-electron chi connectivity index (χ0n) is 10.7. The van der Waals surface area contributed by atoms with E-state index in [0.29, 0.717) is 0 Å². The lowest BCUT2D eigenvalue weighted by molar-refractivity contribution is 0.263. The Morgan fingerprint density at radius 3 is 3.06 bits per heavy atom. The van der Waals surface area contributed by atoms with Gasteiger partial charge >= 0.3 is 0 Å². The second kappa shape index (κ2) is 6.38. The Morgan fingerprint density at radius 1 is 1.61 bits per heavy atom. The molecule has 0 amide bonds. The van der Waals surface area contributed by atoms with Crippen molar-refractivity contribution in [3.05, 3.63) is 25.4 Å². The molecule has 0 aromatic carbocycles. The van der Waals surface area contributed by atoms with Gasteiger partial charge in [0.15, 0.2) is 0 Å². The largest absolute Gasteiger partial charge is 0.308 e. The average molecular weight is 379 g/mol. The van der Waals surface area contributed by atoms with E-state index in [1.165, 1.54) is 0 Å². The number of aromatic nitrogens is 2. The molecule has 6 heteroatoms. The summed E-state index contributed by atoms with van der Waals surface area (Å²) >= 11 is 4.02. The van der Waals surface area contributed by atoms with Gasteiger partial charge in [0.05, 0.1) is 15.3 Å². The Bertz CT molecular complexity index is 477. The predicted octanol–water partition coefficient (Wildman–Crippen LogP) is 2.05. The summed E-state index contributed by atoms with van der Waals surface area (Å²) in [6.07, 6.45) is 1.89. The van der Waals surface area contributed by atoms with E-state index in [2.05, 4.69) is 51.4 Å². The molecule has 2 heterocycles. The van der Waals surface area contributed by atoms with Crippen LogP contribution in [-0.2, 0) is 6.42 Å². The van der Waals surface area contributed by atoms with E-state index >= 15 is 0 Å². The normalized spacial score (nSPS) is 21.2. The van der Waals surface area contributed by atoms with Crippen LogP contribution in [-0.4, -0.2) is 40.0 Å². The van der Waals surface area contributed by atoms with Gasteiger partial charge < -0.3 is 4.98 Å². The van der Waals surface area contributed by atoms with Crippen molar-refractivity contribution >= 4 is 34.4 Å². The van der Waals surface area contributed by atoms with Crippen molar-refractivity contribution in [2.24, 2.45) is 0 Å². The number of rotatable bonds is 3. The molecule has 0 spiro atoms. The minimum absolute atomic E-state index is 0.00743. The molecule has 1 aliphatic rings. The summed E-state index contributed by atoms with van der Waals surface area (Å²) in [5.74, 6) is 2.99. The Balaban J connectivity index is 2.35. The molecular formula is C12H18IN3OS. The number of hydrogen-bond donors (Lipinski definition) is 1. The summed E-state index contributed by atoms with van der Waals surface area (Å²) in [7, 11) is 2.10. The summed E-state index contributed by atoms with van der Waals surface area (Å²) in [5, 5.41) is 0. The summed E-state index contributed by atoms with van der Waals surface area (Å²) in [6.45, 7) is 3.16. The number of thioether (sulfide) groups is 1. The maximum Gasteiger partial charge on any atom is 0.264 e. The molecule has 1 aliphatic heterocycles. The fourth-order valence-electron chi connectivity index (χ4n) is 2.06. The van der Waals surface area contributed by atoms with E-state index in [4.69, 9.17) is 0 Å². The first kappa shape index (κ1) is 14.3. The van der Waals surface area contributed by atoms with Crippen molar-refractivity contribution in [1.29, 1.82) is 0 Å². The third-order valence-electron chi connectivity index (χ3n) is 3.15. The van der Waals surface area contributed by atoms with E-state index in [-0.39, 0.29) is 11.6 Å². The van der Waals surface area contributed by atoms with Gasteiger partial charge in [0.2, 0.25) is 0 Å². The van der Waals surface area contributed by atoms with Crippen LogP contribution in [0.15, 0.2) is 4.79 Å². The first-order valence-corrected chi connectivity index (χ1v) is 8.43. The molecular weight excluding hydrogens is 361 g/mol. The topological polar surface area (TPSA) is 49.0 Å². The first-order valence-electron chi connectivity index (χ1n) is 6.20. The highest BCUT2D eigenvalue weighted by atomic mass is 127. The highest BCUT2D eigenvalue weighted by molar-refractivity contribution is 14.1. The van der Waals surface area contributed by atoms with Crippen molar-refractivity contribution in [1.82, 2.24) is 14.9 Å². The first-order chi connectivity index (χ1) is 8.63. The minimum atomic E-state index is 0.00743. The van der Waals surface area contributed by atoms with Gasteiger partial charge in [-0.3, -0.25) is 9.69 Å². The van der Waals surface area contributed by atoms with Gasteiger partial charge in [0, 0.05) is 18.1 Å². The van der Waals surface area contributed by atoms with Gasteiger partial charge in [-0.25, -0.2) is 4.98 Å². The summed E-state index contributed by atoms with van der Waals surface area (Å²) < 4.78 is 0.740. The van der Waals surface area contributed by atoms with Crippen LogP contribution in [0.4, 0.5) is 0 Å². The molecule has 0 saturated carbocycles. The van der Waals surface area contributed by atoms with Crippen molar-refractivity contribution in [2.75, 3.05) is 25.1 Å². The lowest BCUT2D eigenvalue weighted by Gasteiger charge is -2.31. The van der Waals surface area contributed by atoms with Crippen LogP contribution in [0.3, 0.4) is 0 Å². The molecule has 4 nitrogen and oxygen atoms in total. The number of H-pyrrole nitrogens is 1. The van der Waals surface area contributed by atoms with Crippen LogP contribution < -0.4 is 5.56 Å². The number of aryl methyl sites for hydroxylation is 1. The molecule has 0 radical (unpaired) electrons. The summed E-state index contributed by atoms with van der Waals surface area (Å²) in [6, 6.07) is 0.240. The van der Waals surface area contributed by atoms with E-state index in [9.17, 15) is 4.79 Å². The molecule has 1 N–H and O–H groups in total. The zero-order valence-corrected chi connectivity index (χ0v) is 13.7. The number of hydrogen-bond acceptors (Lipinski definition) is 4. The van der Waals surface area contributed by atoms with Crippen LogP contribution in [0.2, 0.25) is 0 Å². The van der Waals surface area contributed by atoms with Crippen LogP contribution in [0.5, 0.6) is 0 Å². The Kier molecular flexibility index (Phi) is 5.08. The molecule has 1 fully saturated rings. The van der Waals surface area contributed by atoms with E-state index in [1.807, 2.05) is 11.8 Å². The molecule has 18 heavy (non-hydrogen) atoms. The van der Waals surface area contributed by atoms with Crippen molar-refractivity contribution in [3.8, 4) is 0 Å². The van der Waals surface area contributed by atoms with Gasteiger partial charge in [-0.1, -0.05) is 13.3 Å². The highest BCUT2D eigenvalue weighted by Crippen LogP contribution is 2.25. The second-order valence-electron chi connectivity index (χ2n) is 4.53. The quantitative estimate of drug-likeness (QED) is 0.817. The lowest BCUT2D eigenvalue weighted by Crippen LogP contribution is -2.35. The predicted molar refractivity (Wildman–Crippen MR) is 84.3 cm³/mol. The van der Waals surface area contributed by atoms with Gasteiger partial charge in [0.1, 0.15) is 5.82 Å². The number of aromatic amines is 1. The fraction of sp³-hybridized carbons (Fsp3) is 0.667. The van der Waals surface area contributed by atoms with Gasteiger partial charge in [0.25, 0.3) is 5.56 Å². The van der Waals surface area contributed by atoms with Crippen LogP contribution >= 0.6 is 34.4 Å². The van der Waals surface area contributed by atoms with E-state index < -0.39 is 0 Å².